The zero-order chi connectivity index (χ0) is 13.8. The number of carboxylic acids is 1. The summed E-state index contributed by atoms with van der Waals surface area (Å²) in [6.45, 7) is 2.71. The highest BCUT2D eigenvalue weighted by molar-refractivity contribution is 7.99. The highest BCUT2D eigenvalue weighted by Crippen LogP contribution is 2.22. The fourth-order valence-corrected chi connectivity index (χ4v) is 2.33. The summed E-state index contributed by atoms with van der Waals surface area (Å²) in [4.78, 5) is 11.2. The van der Waals surface area contributed by atoms with E-state index in [1.165, 1.54) is 0 Å². The van der Waals surface area contributed by atoms with Crippen LogP contribution in [0.25, 0.3) is 11.3 Å². The third-order valence-electron chi connectivity index (χ3n) is 2.57. The SMILES string of the molecule is CCSCCn1nnc(C(=O)O)c1-c1cnn(C)c1. The molecular weight excluding hydrogens is 266 g/mol. The summed E-state index contributed by atoms with van der Waals surface area (Å²) in [5.74, 6) is 0.808. The molecule has 0 atom stereocenters. The van der Waals surface area contributed by atoms with Crippen LogP contribution in [-0.4, -0.2) is 47.4 Å². The quantitative estimate of drug-likeness (QED) is 0.799. The lowest BCUT2D eigenvalue weighted by Crippen LogP contribution is -2.06. The molecule has 0 aromatic carbocycles. The summed E-state index contributed by atoms with van der Waals surface area (Å²) in [6, 6.07) is 0. The fraction of sp³-hybridized carbons (Fsp3) is 0.455. The lowest BCUT2D eigenvalue weighted by Gasteiger charge is -2.04. The first-order valence-corrected chi connectivity index (χ1v) is 7.02. The molecule has 0 fully saturated rings. The smallest absolute Gasteiger partial charge is 0.358 e. The maximum Gasteiger partial charge on any atom is 0.358 e. The lowest BCUT2D eigenvalue weighted by atomic mass is 10.2. The van der Waals surface area contributed by atoms with Crippen molar-refractivity contribution in [2.45, 2.75) is 13.5 Å². The van der Waals surface area contributed by atoms with Crippen molar-refractivity contribution in [1.82, 2.24) is 24.8 Å². The van der Waals surface area contributed by atoms with Crippen LogP contribution < -0.4 is 0 Å². The molecule has 7 nitrogen and oxygen atoms in total. The van der Waals surface area contributed by atoms with Crippen molar-refractivity contribution < 1.29 is 9.90 Å². The Morgan fingerprint density at radius 2 is 2.32 bits per heavy atom. The number of nitrogens with zero attached hydrogens (tertiary/aromatic N) is 5. The molecule has 8 heteroatoms. The normalized spacial score (nSPS) is 10.8. The zero-order valence-corrected chi connectivity index (χ0v) is 11.6. The van der Waals surface area contributed by atoms with E-state index in [4.69, 9.17) is 0 Å². The number of aromatic nitrogens is 5. The Balaban J connectivity index is 2.36. The molecule has 0 saturated carbocycles. The maximum absolute atomic E-state index is 11.2. The second kappa shape index (κ2) is 5.87. The number of hydrogen-bond donors (Lipinski definition) is 1. The average Bonchev–Trinajstić information content (AvgIpc) is 2.95. The van der Waals surface area contributed by atoms with Crippen molar-refractivity contribution in [3.05, 3.63) is 18.1 Å². The van der Waals surface area contributed by atoms with E-state index < -0.39 is 5.97 Å². The second-order valence-corrected chi connectivity index (χ2v) is 5.31. The molecule has 0 aliphatic rings. The molecule has 0 aliphatic heterocycles. The number of rotatable bonds is 6. The third-order valence-corrected chi connectivity index (χ3v) is 3.45. The van der Waals surface area contributed by atoms with Gasteiger partial charge in [-0.05, 0) is 5.75 Å². The van der Waals surface area contributed by atoms with Gasteiger partial charge >= 0.3 is 5.97 Å². The van der Waals surface area contributed by atoms with Gasteiger partial charge in [0.15, 0.2) is 5.69 Å². The summed E-state index contributed by atoms with van der Waals surface area (Å²) < 4.78 is 3.25. The van der Waals surface area contributed by atoms with Gasteiger partial charge in [0, 0.05) is 24.6 Å². The van der Waals surface area contributed by atoms with Crippen LogP contribution in [0.1, 0.15) is 17.4 Å². The van der Waals surface area contributed by atoms with Crippen molar-refractivity contribution in [3.8, 4) is 11.3 Å². The maximum atomic E-state index is 11.2. The van der Waals surface area contributed by atoms with Crippen LogP contribution in [-0.2, 0) is 13.6 Å². The van der Waals surface area contributed by atoms with E-state index in [-0.39, 0.29) is 5.69 Å². The molecule has 2 rings (SSSR count). The number of hydrogen-bond acceptors (Lipinski definition) is 5. The molecule has 2 aromatic heterocycles. The average molecular weight is 281 g/mol. The van der Waals surface area contributed by atoms with Gasteiger partial charge in [-0.3, -0.25) is 4.68 Å². The first-order valence-electron chi connectivity index (χ1n) is 5.87. The first-order chi connectivity index (χ1) is 9.13. The van der Waals surface area contributed by atoms with Crippen molar-refractivity contribution in [2.24, 2.45) is 7.05 Å². The molecule has 0 bridgehead atoms. The first kappa shape index (κ1) is 13.6. The third kappa shape index (κ3) is 2.95. The predicted octanol–water partition coefficient (Wildman–Crippen LogP) is 1.13. The van der Waals surface area contributed by atoms with E-state index in [0.717, 1.165) is 11.5 Å². The molecular formula is C11H15N5O2S. The van der Waals surface area contributed by atoms with Gasteiger partial charge in [-0.25, -0.2) is 9.48 Å². The Morgan fingerprint density at radius 3 is 2.89 bits per heavy atom. The minimum absolute atomic E-state index is 0.0329. The van der Waals surface area contributed by atoms with E-state index >= 15 is 0 Å². The summed E-state index contributed by atoms with van der Waals surface area (Å²) in [5.41, 5.74) is 1.19. The van der Waals surface area contributed by atoms with Gasteiger partial charge in [0.05, 0.1) is 12.7 Å². The van der Waals surface area contributed by atoms with Crippen molar-refractivity contribution >= 4 is 17.7 Å². The molecule has 102 valence electrons. The molecule has 0 saturated heterocycles. The highest BCUT2D eigenvalue weighted by atomic mass is 32.2. The van der Waals surface area contributed by atoms with Gasteiger partial charge in [-0.15, -0.1) is 5.10 Å². The molecule has 2 heterocycles. The molecule has 19 heavy (non-hydrogen) atoms. The van der Waals surface area contributed by atoms with Crippen molar-refractivity contribution in [1.29, 1.82) is 0 Å². The van der Waals surface area contributed by atoms with Gasteiger partial charge in [0.2, 0.25) is 0 Å². The number of aromatic carboxylic acids is 1. The minimum atomic E-state index is -1.08. The van der Waals surface area contributed by atoms with Crippen molar-refractivity contribution in [2.75, 3.05) is 11.5 Å². The summed E-state index contributed by atoms with van der Waals surface area (Å²) >= 11 is 1.77. The zero-order valence-electron chi connectivity index (χ0n) is 10.8. The Bertz CT molecular complexity index is 577. The van der Waals surface area contributed by atoms with Gasteiger partial charge < -0.3 is 5.11 Å². The van der Waals surface area contributed by atoms with Gasteiger partial charge in [-0.1, -0.05) is 12.1 Å². The van der Waals surface area contributed by atoms with Crippen LogP contribution in [0.4, 0.5) is 0 Å². The van der Waals surface area contributed by atoms with Crippen LogP contribution in [0.15, 0.2) is 12.4 Å². The highest BCUT2D eigenvalue weighted by Gasteiger charge is 2.21. The fourth-order valence-electron chi connectivity index (χ4n) is 1.74. The van der Waals surface area contributed by atoms with Crippen LogP contribution in [0.2, 0.25) is 0 Å². The minimum Gasteiger partial charge on any atom is -0.476 e. The Kier molecular flexibility index (Phi) is 4.20. The number of carbonyl (C=O) groups is 1. The van der Waals surface area contributed by atoms with Crippen LogP contribution in [0.5, 0.6) is 0 Å². The molecule has 0 unspecified atom stereocenters. The molecule has 1 N–H and O–H groups in total. The largest absolute Gasteiger partial charge is 0.476 e. The number of carboxylic acid groups (broad SMARTS) is 1. The van der Waals surface area contributed by atoms with Gasteiger partial charge in [-0.2, -0.15) is 16.9 Å². The van der Waals surface area contributed by atoms with Crippen molar-refractivity contribution in [3.63, 3.8) is 0 Å². The van der Waals surface area contributed by atoms with Crippen LogP contribution in [0, 0.1) is 0 Å². The molecule has 0 amide bonds. The Morgan fingerprint density at radius 1 is 1.53 bits per heavy atom. The van der Waals surface area contributed by atoms with E-state index in [9.17, 15) is 9.90 Å². The second-order valence-electron chi connectivity index (χ2n) is 3.91. The predicted molar refractivity (Wildman–Crippen MR) is 72.2 cm³/mol. The van der Waals surface area contributed by atoms with E-state index in [2.05, 4.69) is 22.3 Å². The van der Waals surface area contributed by atoms with E-state index in [1.54, 1.807) is 40.6 Å². The lowest BCUT2D eigenvalue weighted by molar-refractivity contribution is 0.0691. The Labute approximate surface area is 114 Å². The van der Waals surface area contributed by atoms with Gasteiger partial charge in [0.1, 0.15) is 5.69 Å². The number of aryl methyl sites for hydroxylation is 2. The molecule has 0 radical (unpaired) electrons. The van der Waals surface area contributed by atoms with Crippen LogP contribution >= 0.6 is 11.8 Å². The Hall–Kier alpha value is -1.83. The summed E-state index contributed by atoms with van der Waals surface area (Å²) in [5, 5.41) is 20.9. The van der Waals surface area contributed by atoms with Crippen LogP contribution in [0.3, 0.4) is 0 Å². The molecule has 0 aliphatic carbocycles. The molecule has 0 spiro atoms. The summed E-state index contributed by atoms with van der Waals surface area (Å²) in [6.07, 6.45) is 3.38. The standard InChI is InChI=1S/C11H15N5O2S/c1-3-19-5-4-16-10(8-6-12-15(2)7-8)9(11(17)18)13-14-16/h6-7H,3-5H2,1-2H3,(H,17,18). The molecule has 2 aromatic rings. The summed E-state index contributed by atoms with van der Waals surface area (Å²) in [7, 11) is 1.78. The monoisotopic (exact) mass is 281 g/mol. The number of thioether (sulfide) groups is 1. The van der Waals surface area contributed by atoms with Gasteiger partial charge in [0.25, 0.3) is 0 Å². The topological polar surface area (TPSA) is 85.8 Å². The van der Waals surface area contributed by atoms with E-state index in [1.807, 2.05) is 0 Å². The van der Waals surface area contributed by atoms with E-state index in [0.29, 0.717) is 17.8 Å².